The van der Waals surface area contributed by atoms with Gasteiger partial charge in [0.2, 0.25) is 5.91 Å². The van der Waals surface area contributed by atoms with Crippen LogP contribution in [0, 0.1) is 13.8 Å². The molecule has 1 fully saturated rings. The SMILES string of the molecule is Cc1ccc(C)c(NC(=O)CCN2C(=S)N[C@@H](c3ccccn3)[C@@H]2c2cccs2)c1. The van der Waals surface area contributed by atoms with E-state index in [1.165, 1.54) is 4.88 Å². The summed E-state index contributed by atoms with van der Waals surface area (Å²) in [5.74, 6) is -0.0160. The van der Waals surface area contributed by atoms with Gasteiger partial charge in [0.25, 0.3) is 0 Å². The van der Waals surface area contributed by atoms with Crippen LogP contribution in [0.4, 0.5) is 5.69 Å². The molecule has 3 heterocycles. The van der Waals surface area contributed by atoms with E-state index in [0.29, 0.717) is 18.1 Å². The normalized spacial score (nSPS) is 18.3. The summed E-state index contributed by atoms with van der Waals surface area (Å²) < 4.78 is 0. The van der Waals surface area contributed by atoms with Gasteiger partial charge in [-0.2, -0.15) is 0 Å². The number of rotatable bonds is 6. The van der Waals surface area contributed by atoms with Crippen molar-refractivity contribution < 1.29 is 4.79 Å². The molecule has 2 N–H and O–H groups in total. The van der Waals surface area contributed by atoms with Crippen molar-refractivity contribution in [1.29, 1.82) is 0 Å². The van der Waals surface area contributed by atoms with Crippen molar-refractivity contribution >= 4 is 40.3 Å². The molecule has 2 atom stereocenters. The molecule has 1 aliphatic rings. The number of thiophene rings is 1. The molecule has 0 aliphatic carbocycles. The fraction of sp³-hybridized carbons (Fsp3) is 0.261. The lowest BCUT2D eigenvalue weighted by atomic mass is 10.0. The number of amides is 1. The molecule has 30 heavy (non-hydrogen) atoms. The van der Waals surface area contributed by atoms with Gasteiger partial charge >= 0.3 is 0 Å². The van der Waals surface area contributed by atoms with E-state index in [-0.39, 0.29) is 18.0 Å². The monoisotopic (exact) mass is 436 g/mol. The van der Waals surface area contributed by atoms with Gasteiger partial charge in [0.05, 0.1) is 17.8 Å². The topological polar surface area (TPSA) is 57.3 Å². The van der Waals surface area contributed by atoms with Crippen molar-refractivity contribution in [1.82, 2.24) is 15.2 Å². The van der Waals surface area contributed by atoms with Crippen LogP contribution in [0.15, 0.2) is 60.1 Å². The minimum absolute atomic E-state index is 0.0147. The summed E-state index contributed by atoms with van der Waals surface area (Å²) in [5, 5.41) is 9.18. The Morgan fingerprint density at radius 3 is 2.83 bits per heavy atom. The van der Waals surface area contributed by atoms with Crippen LogP contribution in [0.2, 0.25) is 0 Å². The highest BCUT2D eigenvalue weighted by Gasteiger charge is 2.40. The summed E-state index contributed by atoms with van der Waals surface area (Å²) in [5.41, 5.74) is 3.99. The fourth-order valence-corrected chi connectivity index (χ4v) is 4.93. The molecule has 7 heteroatoms. The lowest BCUT2D eigenvalue weighted by Gasteiger charge is -2.26. The smallest absolute Gasteiger partial charge is 0.226 e. The standard InChI is InChI=1S/C23H24N4OS2/c1-15-8-9-16(2)18(14-15)25-20(28)10-12-27-22(19-7-5-13-30-19)21(26-23(27)29)17-6-3-4-11-24-17/h3-9,11,13-14,21-22H,10,12H2,1-2H3,(H,25,28)(H,26,29)/t21-,22-/m0/s1. The van der Waals surface area contributed by atoms with Gasteiger partial charge in [0, 0.05) is 29.7 Å². The number of anilines is 1. The predicted octanol–water partition coefficient (Wildman–Crippen LogP) is 4.76. The summed E-state index contributed by atoms with van der Waals surface area (Å²) in [6, 6.07) is 16.1. The molecular formula is C23H24N4OS2. The first-order valence-electron chi connectivity index (χ1n) is 9.91. The molecule has 3 aromatic rings. The van der Waals surface area contributed by atoms with Gasteiger partial charge in [0.1, 0.15) is 0 Å². The Bertz CT molecular complexity index is 1040. The summed E-state index contributed by atoms with van der Waals surface area (Å²) >= 11 is 7.34. The van der Waals surface area contributed by atoms with Crippen molar-refractivity contribution in [3.05, 3.63) is 81.8 Å². The van der Waals surface area contributed by atoms with Crippen LogP contribution >= 0.6 is 23.6 Å². The number of benzene rings is 1. The van der Waals surface area contributed by atoms with Crippen molar-refractivity contribution in [2.75, 3.05) is 11.9 Å². The van der Waals surface area contributed by atoms with E-state index in [2.05, 4.69) is 32.0 Å². The van der Waals surface area contributed by atoms with Crippen molar-refractivity contribution in [3.63, 3.8) is 0 Å². The fourth-order valence-electron chi connectivity index (χ4n) is 3.72. The van der Waals surface area contributed by atoms with Crippen LogP contribution in [0.3, 0.4) is 0 Å². The zero-order chi connectivity index (χ0) is 21.1. The maximum absolute atomic E-state index is 12.7. The van der Waals surface area contributed by atoms with Gasteiger partial charge in [0.15, 0.2) is 5.11 Å². The van der Waals surface area contributed by atoms with E-state index in [1.807, 2.05) is 56.3 Å². The molecule has 0 spiro atoms. The first kappa shape index (κ1) is 20.5. The van der Waals surface area contributed by atoms with Gasteiger partial charge in [-0.3, -0.25) is 9.78 Å². The Labute approximate surface area is 186 Å². The molecule has 1 amide bonds. The van der Waals surface area contributed by atoms with E-state index in [1.54, 1.807) is 17.5 Å². The second-order valence-electron chi connectivity index (χ2n) is 7.45. The van der Waals surface area contributed by atoms with Gasteiger partial charge in [-0.05, 0) is 66.8 Å². The first-order valence-corrected chi connectivity index (χ1v) is 11.2. The molecule has 0 radical (unpaired) electrons. The number of thiocarbonyl (C=S) groups is 1. The zero-order valence-electron chi connectivity index (χ0n) is 17.0. The Morgan fingerprint density at radius 1 is 1.23 bits per heavy atom. The molecule has 1 aromatic carbocycles. The number of carbonyl (C=O) groups is 1. The molecule has 1 aliphatic heterocycles. The van der Waals surface area contributed by atoms with E-state index in [9.17, 15) is 4.79 Å². The Kier molecular flexibility index (Phi) is 6.11. The molecule has 0 saturated carbocycles. The third kappa shape index (κ3) is 4.37. The highest BCUT2D eigenvalue weighted by atomic mass is 32.1. The minimum Gasteiger partial charge on any atom is -0.352 e. The number of hydrogen-bond donors (Lipinski definition) is 2. The van der Waals surface area contributed by atoms with Crippen molar-refractivity contribution in [2.45, 2.75) is 32.4 Å². The Hall–Kier alpha value is -2.77. The van der Waals surface area contributed by atoms with E-state index < -0.39 is 0 Å². The molecule has 0 bridgehead atoms. The van der Waals surface area contributed by atoms with E-state index in [0.717, 1.165) is 22.5 Å². The third-order valence-electron chi connectivity index (χ3n) is 5.28. The van der Waals surface area contributed by atoms with Crippen LogP contribution < -0.4 is 10.6 Å². The van der Waals surface area contributed by atoms with Crippen molar-refractivity contribution in [3.8, 4) is 0 Å². The average molecular weight is 437 g/mol. The van der Waals surface area contributed by atoms with Gasteiger partial charge in [-0.25, -0.2) is 0 Å². The van der Waals surface area contributed by atoms with Crippen LogP contribution in [-0.2, 0) is 4.79 Å². The van der Waals surface area contributed by atoms with Crippen LogP contribution in [0.1, 0.15) is 40.2 Å². The summed E-state index contributed by atoms with van der Waals surface area (Å²) in [7, 11) is 0. The number of aromatic nitrogens is 1. The Morgan fingerprint density at radius 2 is 2.10 bits per heavy atom. The molecule has 1 saturated heterocycles. The number of nitrogens with zero attached hydrogens (tertiary/aromatic N) is 2. The molecule has 2 aromatic heterocycles. The van der Waals surface area contributed by atoms with E-state index >= 15 is 0 Å². The predicted molar refractivity (Wildman–Crippen MR) is 126 cm³/mol. The molecule has 0 unspecified atom stereocenters. The van der Waals surface area contributed by atoms with Gasteiger partial charge in [-0.1, -0.05) is 24.3 Å². The average Bonchev–Trinajstić information content (AvgIpc) is 3.37. The van der Waals surface area contributed by atoms with E-state index in [4.69, 9.17) is 12.2 Å². The molecule has 4 rings (SSSR count). The molecular weight excluding hydrogens is 412 g/mol. The van der Waals surface area contributed by atoms with Gasteiger partial charge < -0.3 is 15.5 Å². The van der Waals surface area contributed by atoms with Crippen LogP contribution in [-0.4, -0.2) is 27.4 Å². The number of carbonyl (C=O) groups excluding carboxylic acids is 1. The molecule has 154 valence electrons. The number of aryl methyl sites for hydroxylation is 2. The van der Waals surface area contributed by atoms with Crippen LogP contribution in [0.25, 0.3) is 0 Å². The zero-order valence-corrected chi connectivity index (χ0v) is 18.6. The van der Waals surface area contributed by atoms with Gasteiger partial charge in [-0.15, -0.1) is 11.3 Å². The summed E-state index contributed by atoms with van der Waals surface area (Å²) in [6.07, 6.45) is 2.15. The maximum atomic E-state index is 12.7. The second kappa shape index (κ2) is 8.93. The Balaban J connectivity index is 1.50. The number of pyridine rings is 1. The lowest BCUT2D eigenvalue weighted by molar-refractivity contribution is -0.116. The third-order valence-corrected chi connectivity index (χ3v) is 6.57. The quantitative estimate of drug-likeness (QED) is 0.546. The van der Waals surface area contributed by atoms with Crippen molar-refractivity contribution in [2.24, 2.45) is 0 Å². The number of hydrogen-bond acceptors (Lipinski definition) is 4. The van der Waals surface area contributed by atoms with Crippen LogP contribution in [0.5, 0.6) is 0 Å². The second-order valence-corrected chi connectivity index (χ2v) is 8.82. The maximum Gasteiger partial charge on any atom is 0.226 e. The summed E-state index contributed by atoms with van der Waals surface area (Å²) in [4.78, 5) is 20.5. The minimum atomic E-state index is -0.0422. The highest BCUT2D eigenvalue weighted by Crippen LogP contribution is 2.40. The first-order chi connectivity index (χ1) is 14.5. The largest absolute Gasteiger partial charge is 0.352 e. The summed E-state index contributed by atoms with van der Waals surface area (Å²) in [6.45, 7) is 4.56. The molecule has 5 nitrogen and oxygen atoms in total. The number of nitrogens with one attached hydrogen (secondary N) is 2. The lowest BCUT2D eigenvalue weighted by Crippen LogP contribution is -2.32. The highest BCUT2D eigenvalue weighted by molar-refractivity contribution is 7.80.